The van der Waals surface area contributed by atoms with Crippen molar-refractivity contribution in [3.8, 4) is 0 Å². The Morgan fingerprint density at radius 1 is 1.22 bits per heavy atom. The van der Waals surface area contributed by atoms with E-state index >= 15 is 0 Å². The highest BCUT2D eigenvalue weighted by atomic mass is 16.3. The van der Waals surface area contributed by atoms with Gasteiger partial charge >= 0.3 is 0 Å². The molecule has 23 heavy (non-hydrogen) atoms. The zero-order valence-corrected chi connectivity index (χ0v) is 12.7. The predicted octanol–water partition coefficient (Wildman–Crippen LogP) is 2.15. The quantitative estimate of drug-likeness (QED) is 0.758. The molecular formula is C17H17N3O3. The van der Waals surface area contributed by atoms with Gasteiger partial charge in [-0.2, -0.15) is 0 Å². The van der Waals surface area contributed by atoms with Crippen LogP contribution in [0.5, 0.6) is 0 Å². The van der Waals surface area contributed by atoms with Crippen molar-refractivity contribution in [3.05, 3.63) is 60.2 Å². The van der Waals surface area contributed by atoms with Crippen LogP contribution in [0.3, 0.4) is 0 Å². The molecular weight excluding hydrogens is 294 g/mol. The molecule has 0 saturated carbocycles. The molecule has 0 spiro atoms. The van der Waals surface area contributed by atoms with Gasteiger partial charge in [0.05, 0.1) is 24.9 Å². The summed E-state index contributed by atoms with van der Waals surface area (Å²) >= 11 is 0. The van der Waals surface area contributed by atoms with Gasteiger partial charge in [0.1, 0.15) is 5.76 Å². The summed E-state index contributed by atoms with van der Waals surface area (Å²) in [6.07, 6.45) is 3.22. The Labute approximate surface area is 133 Å². The Bertz CT molecular complexity index is 821. The fraction of sp³-hybridized carbons (Fsp3) is 0.176. The number of furan rings is 1. The maximum atomic E-state index is 12.5. The van der Waals surface area contributed by atoms with Gasteiger partial charge < -0.3 is 19.6 Å². The summed E-state index contributed by atoms with van der Waals surface area (Å²) in [5.74, 6) is 0.233. The molecule has 0 fully saturated rings. The minimum atomic E-state index is -0.239. The van der Waals surface area contributed by atoms with Gasteiger partial charge in [0.25, 0.3) is 5.91 Å². The van der Waals surface area contributed by atoms with Crippen LogP contribution in [0.25, 0.3) is 10.9 Å². The molecule has 1 aromatic carbocycles. The summed E-state index contributed by atoms with van der Waals surface area (Å²) in [4.78, 5) is 28.9. The molecule has 0 atom stereocenters. The molecule has 0 aliphatic carbocycles. The van der Waals surface area contributed by atoms with Crippen LogP contribution in [-0.4, -0.2) is 35.3 Å². The predicted molar refractivity (Wildman–Crippen MR) is 85.8 cm³/mol. The van der Waals surface area contributed by atoms with Crippen molar-refractivity contribution in [2.45, 2.75) is 6.54 Å². The third-order valence-corrected chi connectivity index (χ3v) is 3.59. The van der Waals surface area contributed by atoms with Crippen LogP contribution in [0.15, 0.2) is 53.3 Å². The number of carbonyl (C=O) groups is 2. The number of aromatic nitrogens is 1. The van der Waals surface area contributed by atoms with Gasteiger partial charge in [0.15, 0.2) is 0 Å². The lowest BCUT2D eigenvalue weighted by Gasteiger charge is -2.16. The highest BCUT2D eigenvalue weighted by Crippen LogP contribution is 2.18. The summed E-state index contributed by atoms with van der Waals surface area (Å²) in [5.41, 5.74) is 1.45. The SMILES string of the molecule is CN(CC(=O)NCc1ccco1)C(=O)c1c[nH]c2ccccc12. The van der Waals surface area contributed by atoms with E-state index < -0.39 is 0 Å². The number of likely N-dealkylation sites (N-methyl/N-ethyl adjacent to an activating group) is 1. The van der Waals surface area contributed by atoms with Crippen LogP contribution in [-0.2, 0) is 11.3 Å². The van der Waals surface area contributed by atoms with Gasteiger partial charge in [-0.1, -0.05) is 18.2 Å². The number of aromatic amines is 1. The molecule has 118 valence electrons. The molecule has 6 heteroatoms. The maximum Gasteiger partial charge on any atom is 0.256 e. The van der Waals surface area contributed by atoms with Crippen molar-refractivity contribution in [2.75, 3.05) is 13.6 Å². The van der Waals surface area contributed by atoms with E-state index in [1.807, 2.05) is 24.3 Å². The Morgan fingerprint density at radius 3 is 2.83 bits per heavy atom. The zero-order valence-electron chi connectivity index (χ0n) is 12.7. The Kier molecular flexibility index (Phi) is 4.14. The maximum absolute atomic E-state index is 12.5. The topological polar surface area (TPSA) is 78.3 Å². The van der Waals surface area contributed by atoms with Crippen molar-refractivity contribution in [2.24, 2.45) is 0 Å². The lowest BCUT2D eigenvalue weighted by Crippen LogP contribution is -2.38. The summed E-state index contributed by atoms with van der Waals surface area (Å²) < 4.78 is 5.14. The van der Waals surface area contributed by atoms with E-state index in [0.717, 1.165) is 10.9 Å². The Balaban J connectivity index is 1.62. The first-order valence-electron chi connectivity index (χ1n) is 7.26. The number of para-hydroxylation sites is 1. The molecule has 2 amide bonds. The smallest absolute Gasteiger partial charge is 0.256 e. The lowest BCUT2D eigenvalue weighted by molar-refractivity contribution is -0.121. The van der Waals surface area contributed by atoms with Gasteiger partial charge in [-0.05, 0) is 18.2 Å². The number of nitrogens with zero attached hydrogens (tertiary/aromatic N) is 1. The second kappa shape index (κ2) is 6.39. The van der Waals surface area contributed by atoms with Crippen LogP contribution < -0.4 is 5.32 Å². The van der Waals surface area contributed by atoms with E-state index in [1.165, 1.54) is 4.90 Å². The Hall–Kier alpha value is -3.02. The molecule has 3 aromatic rings. The molecule has 0 aliphatic heterocycles. The number of H-pyrrole nitrogens is 1. The van der Waals surface area contributed by atoms with Gasteiger partial charge in [0, 0.05) is 24.1 Å². The number of rotatable bonds is 5. The number of carbonyl (C=O) groups excluding carboxylic acids is 2. The summed E-state index contributed by atoms with van der Waals surface area (Å²) in [6.45, 7) is 0.292. The van der Waals surface area contributed by atoms with E-state index in [4.69, 9.17) is 4.42 Å². The number of fused-ring (bicyclic) bond motifs is 1. The minimum Gasteiger partial charge on any atom is -0.467 e. The van der Waals surface area contributed by atoms with E-state index in [0.29, 0.717) is 17.9 Å². The van der Waals surface area contributed by atoms with Gasteiger partial charge in [-0.15, -0.1) is 0 Å². The average molecular weight is 311 g/mol. The van der Waals surface area contributed by atoms with Crippen molar-refractivity contribution < 1.29 is 14.0 Å². The fourth-order valence-electron chi connectivity index (χ4n) is 2.40. The van der Waals surface area contributed by atoms with E-state index in [1.54, 1.807) is 31.6 Å². The summed E-state index contributed by atoms with van der Waals surface area (Å²) in [5, 5.41) is 3.57. The third kappa shape index (κ3) is 3.26. The highest BCUT2D eigenvalue weighted by molar-refractivity contribution is 6.07. The molecule has 0 aliphatic rings. The minimum absolute atomic E-state index is 0.0148. The molecule has 2 aromatic heterocycles. The number of hydrogen-bond donors (Lipinski definition) is 2. The zero-order chi connectivity index (χ0) is 16.2. The highest BCUT2D eigenvalue weighted by Gasteiger charge is 2.18. The lowest BCUT2D eigenvalue weighted by atomic mass is 10.1. The normalized spacial score (nSPS) is 10.7. The molecule has 6 nitrogen and oxygen atoms in total. The van der Waals surface area contributed by atoms with E-state index in [9.17, 15) is 9.59 Å². The molecule has 0 bridgehead atoms. The van der Waals surface area contributed by atoms with Crippen LogP contribution in [0, 0.1) is 0 Å². The van der Waals surface area contributed by atoms with Crippen LogP contribution in [0.2, 0.25) is 0 Å². The first-order chi connectivity index (χ1) is 11.1. The molecule has 0 radical (unpaired) electrons. The standard InChI is InChI=1S/C17H17N3O3/c1-20(11-16(21)19-9-12-5-4-8-23-12)17(22)14-10-18-15-7-3-2-6-13(14)15/h2-8,10,18H,9,11H2,1H3,(H,19,21). The van der Waals surface area contributed by atoms with Gasteiger partial charge in [0.2, 0.25) is 5.91 Å². The third-order valence-electron chi connectivity index (χ3n) is 3.59. The fourth-order valence-corrected chi connectivity index (χ4v) is 2.40. The van der Waals surface area contributed by atoms with Crippen LogP contribution >= 0.6 is 0 Å². The second-order valence-corrected chi connectivity index (χ2v) is 5.27. The number of hydrogen-bond acceptors (Lipinski definition) is 3. The van der Waals surface area contributed by atoms with Gasteiger partial charge in [-0.3, -0.25) is 9.59 Å². The van der Waals surface area contributed by atoms with Crippen molar-refractivity contribution in [1.29, 1.82) is 0 Å². The van der Waals surface area contributed by atoms with Crippen molar-refractivity contribution in [1.82, 2.24) is 15.2 Å². The first-order valence-corrected chi connectivity index (χ1v) is 7.26. The molecule has 0 unspecified atom stereocenters. The largest absolute Gasteiger partial charge is 0.467 e. The van der Waals surface area contributed by atoms with Gasteiger partial charge in [-0.25, -0.2) is 0 Å². The molecule has 0 saturated heterocycles. The first kappa shape index (κ1) is 14.9. The van der Waals surface area contributed by atoms with Crippen molar-refractivity contribution >= 4 is 22.7 Å². The average Bonchev–Trinajstić information content (AvgIpc) is 3.21. The van der Waals surface area contributed by atoms with Crippen LogP contribution in [0.4, 0.5) is 0 Å². The monoisotopic (exact) mass is 311 g/mol. The van der Waals surface area contributed by atoms with E-state index in [-0.39, 0.29) is 18.4 Å². The van der Waals surface area contributed by atoms with Crippen molar-refractivity contribution in [3.63, 3.8) is 0 Å². The molecule has 3 rings (SSSR count). The number of amides is 2. The number of benzene rings is 1. The number of nitrogens with one attached hydrogen (secondary N) is 2. The summed E-state index contributed by atoms with van der Waals surface area (Å²) in [6, 6.07) is 11.1. The molecule has 2 N–H and O–H groups in total. The molecule has 2 heterocycles. The Morgan fingerprint density at radius 2 is 2.04 bits per heavy atom. The van der Waals surface area contributed by atoms with E-state index in [2.05, 4.69) is 10.3 Å². The van der Waals surface area contributed by atoms with Crippen LogP contribution in [0.1, 0.15) is 16.1 Å². The second-order valence-electron chi connectivity index (χ2n) is 5.27. The summed E-state index contributed by atoms with van der Waals surface area (Å²) in [7, 11) is 1.61.